The van der Waals surface area contributed by atoms with Gasteiger partial charge in [-0.1, -0.05) is 6.58 Å². The fourth-order valence-electron chi connectivity index (χ4n) is 0.671. The SMILES string of the molecule is C=C(COCCP(=O)(O)O)C(=O)OCC.O=[P+](O)O. The van der Waals surface area contributed by atoms with Gasteiger partial charge < -0.3 is 19.3 Å². The van der Waals surface area contributed by atoms with Crippen LogP contribution in [-0.2, 0) is 23.4 Å². The van der Waals surface area contributed by atoms with Gasteiger partial charge in [-0.2, -0.15) is 0 Å². The molecule has 0 fully saturated rings. The van der Waals surface area contributed by atoms with E-state index < -0.39 is 21.8 Å². The lowest BCUT2D eigenvalue weighted by Gasteiger charge is -2.07. The average molecular weight is 319 g/mol. The predicted octanol–water partition coefficient (Wildman–Crippen LogP) is -0.0716. The first-order valence-electron chi connectivity index (χ1n) is 4.92. The second-order valence-corrected chi connectivity index (χ2v) is 5.30. The monoisotopic (exact) mass is 319 g/mol. The van der Waals surface area contributed by atoms with Crippen molar-refractivity contribution in [2.24, 2.45) is 0 Å². The maximum Gasteiger partial charge on any atom is 0.692 e. The molecule has 9 nitrogen and oxygen atoms in total. The molecule has 0 aliphatic carbocycles. The first-order chi connectivity index (χ1) is 8.60. The number of hydrogen-bond acceptors (Lipinski definition) is 5. The topological polar surface area (TPSA) is 151 Å². The molecule has 0 radical (unpaired) electrons. The van der Waals surface area contributed by atoms with Crippen molar-refractivity contribution in [1.29, 1.82) is 0 Å². The molecule has 0 aliphatic heterocycles. The van der Waals surface area contributed by atoms with E-state index in [1.807, 2.05) is 0 Å². The molecule has 112 valence electrons. The van der Waals surface area contributed by atoms with Crippen molar-refractivity contribution in [1.82, 2.24) is 0 Å². The molecule has 0 unspecified atom stereocenters. The summed E-state index contributed by atoms with van der Waals surface area (Å²) in [6, 6.07) is 0. The van der Waals surface area contributed by atoms with Gasteiger partial charge in [-0.3, -0.25) is 4.57 Å². The number of esters is 1. The summed E-state index contributed by atoms with van der Waals surface area (Å²) >= 11 is 0. The number of carbonyl (C=O) groups excluding carboxylic acids is 1. The summed E-state index contributed by atoms with van der Waals surface area (Å²) in [7, 11) is -6.90. The molecule has 0 atom stereocenters. The van der Waals surface area contributed by atoms with Crippen molar-refractivity contribution in [2.45, 2.75) is 6.92 Å². The summed E-state index contributed by atoms with van der Waals surface area (Å²) < 4.78 is 28.6. The zero-order valence-corrected chi connectivity index (χ0v) is 12.0. The van der Waals surface area contributed by atoms with Crippen LogP contribution in [-0.4, -0.2) is 51.5 Å². The smallest absolute Gasteiger partial charge is 0.463 e. The van der Waals surface area contributed by atoms with E-state index in [4.69, 9.17) is 28.9 Å². The van der Waals surface area contributed by atoms with E-state index >= 15 is 0 Å². The molecule has 0 spiro atoms. The molecule has 0 heterocycles. The molecular weight excluding hydrogens is 302 g/mol. The highest BCUT2D eigenvalue weighted by Crippen LogP contribution is 2.33. The van der Waals surface area contributed by atoms with Crippen molar-refractivity contribution in [3.05, 3.63) is 12.2 Å². The van der Waals surface area contributed by atoms with Gasteiger partial charge in [0.2, 0.25) is 0 Å². The van der Waals surface area contributed by atoms with Crippen LogP contribution in [0.15, 0.2) is 12.2 Å². The van der Waals surface area contributed by atoms with Crippen LogP contribution in [0.25, 0.3) is 0 Å². The van der Waals surface area contributed by atoms with Gasteiger partial charge in [0.1, 0.15) is 0 Å². The Hall–Kier alpha value is -0.660. The Morgan fingerprint density at radius 1 is 1.37 bits per heavy atom. The third-order valence-electron chi connectivity index (χ3n) is 1.37. The summed E-state index contributed by atoms with van der Waals surface area (Å²) in [6.07, 6.45) is -0.372. The van der Waals surface area contributed by atoms with E-state index in [2.05, 4.69) is 11.3 Å². The molecule has 0 aromatic rings. The Labute approximate surface area is 111 Å². The molecule has 19 heavy (non-hydrogen) atoms. The second-order valence-electron chi connectivity index (χ2n) is 3.02. The van der Waals surface area contributed by atoms with Gasteiger partial charge >= 0.3 is 21.8 Å². The van der Waals surface area contributed by atoms with E-state index in [9.17, 15) is 9.36 Å². The van der Waals surface area contributed by atoms with Crippen LogP contribution in [0, 0.1) is 0 Å². The van der Waals surface area contributed by atoms with Crippen LogP contribution in [0.1, 0.15) is 6.92 Å². The first-order valence-corrected chi connectivity index (χ1v) is 7.88. The van der Waals surface area contributed by atoms with Gasteiger partial charge in [0, 0.05) is 4.57 Å². The van der Waals surface area contributed by atoms with E-state index in [0.29, 0.717) is 0 Å². The van der Waals surface area contributed by atoms with Crippen LogP contribution in [0.2, 0.25) is 0 Å². The van der Waals surface area contributed by atoms with Gasteiger partial charge in [0.05, 0.1) is 31.6 Å². The quantitative estimate of drug-likeness (QED) is 0.219. The van der Waals surface area contributed by atoms with Crippen LogP contribution in [0.5, 0.6) is 0 Å². The summed E-state index contributed by atoms with van der Waals surface area (Å²) in [4.78, 5) is 42.2. The highest BCUT2D eigenvalue weighted by Gasteiger charge is 2.13. The lowest BCUT2D eigenvalue weighted by Crippen LogP contribution is -2.13. The normalized spacial score (nSPS) is 10.2. The zero-order chi connectivity index (χ0) is 15.5. The Kier molecular flexibility index (Phi) is 12.2. The van der Waals surface area contributed by atoms with Gasteiger partial charge in [-0.25, -0.2) is 4.79 Å². The van der Waals surface area contributed by atoms with E-state index in [-0.39, 0.29) is 31.6 Å². The van der Waals surface area contributed by atoms with E-state index in [1.165, 1.54) is 0 Å². The van der Waals surface area contributed by atoms with Gasteiger partial charge in [-0.15, -0.1) is 9.79 Å². The molecular formula is C8H17O9P2+. The second kappa shape index (κ2) is 11.2. The lowest BCUT2D eigenvalue weighted by atomic mass is 10.3. The number of ether oxygens (including phenoxy) is 2. The molecule has 0 aromatic carbocycles. The Morgan fingerprint density at radius 2 is 1.84 bits per heavy atom. The number of hydrogen-bond donors (Lipinski definition) is 4. The lowest BCUT2D eigenvalue weighted by molar-refractivity contribution is -0.139. The zero-order valence-electron chi connectivity index (χ0n) is 10.3. The Balaban J connectivity index is 0. The molecule has 0 aliphatic rings. The maximum atomic E-state index is 11.0. The minimum atomic E-state index is -4.03. The largest absolute Gasteiger partial charge is 0.692 e. The maximum absolute atomic E-state index is 11.0. The summed E-state index contributed by atoms with van der Waals surface area (Å²) in [5, 5.41) is 0. The molecule has 0 aromatic heterocycles. The highest BCUT2D eigenvalue weighted by atomic mass is 31.2. The van der Waals surface area contributed by atoms with Crippen LogP contribution >= 0.6 is 15.9 Å². The molecule has 4 N–H and O–H groups in total. The molecule has 11 heteroatoms. The first kappa shape index (κ1) is 20.7. The van der Waals surface area contributed by atoms with E-state index in [0.717, 1.165) is 0 Å². The fraction of sp³-hybridized carbons (Fsp3) is 0.625. The van der Waals surface area contributed by atoms with Crippen molar-refractivity contribution in [3.8, 4) is 0 Å². The molecule has 0 amide bonds. The van der Waals surface area contributed by atoms with Crippen molar-refractivity contribution in [2.75, 3.05) is 26.0 Å². The Bertz CT molecular complexity index is 344. The minimum Gasteiger partial charge on any atom is -0.463 e. The Morgan fingerprint density at radius 3 is 2.21 bits per heavy atom. The summed E-state index contributed by atoms with van der Waals surface area (Å²) in [5.41, 5.74) is 0.127. The minimum absolute atomic E-state index is 0.0845. The molecule has 0 bridgehead atoms. The van der Waals surface area contributed by atoms with Crippen LogP contribution in [0.3, 0.4) is 0 Å². The molecule has 0 saturated heterocycles. The van der Waals surface area contributed by atoms with Crippen LogP contribution < -0.4 is 0 Å². The van der Waals surface area contributed by atoms with Crippen molar-refractivity contribution < 1.29 is 43.0 Å². The predicted molar refractivity (Wildman–Crippen MR) is 65.5 cm³/mol. The third kappa shape index (κ3) is 19.8. The van der Waals surface area contributed by atoms with Crippen molar-refractivity contribution >= 4 is 21.8 Å². The highest BCUT2D eigenvalue weighted by molar-refractivity contribution is 7.51. The van der Waals surface area contributed by atoms with Crippen molar-refractivity contribution in [3.63, 3.8) is 0 Å². The standard InChI is InChI=1S/C8H15O6P.HO3P/c1-3-14-8(9)7(2)6-13-4-5-15(10,11)12;1-4(2)3/h2-6H2,1H3,(H2,10,11,12);(H-,1,2,3)/p+1. The van der Waals surface area contributed by atoms with Crippen LogP contribution in [0.4, 0.5) is 0 Å². The van der Waals surface area contributed by atoms with Gasteiger partial charge in [-0.05, 0) is 6.92 Å². The third-order valence-corrected chi connectivity index (χ3v) is 2.13. The average Bonchev–Trinajstić information content (AvgIpc) is 2.22. The fourth-order valence-corrected chi connectivity index (χ4v) is 1.04. The number of carbonyl (C=O) groups is 1. The van der Waals surface area contributed by atoms with E-state index in [1.54, 1.807) is 6.92 Å². The summed E-state index contributed by atoms with van der Waals surface area (Å²) in [6.45, 7) is 5.12. The molecule has 0 saturated carbocycles. The summed E-state index contributed by atoms with van der Waals surface area (Å²) in [5.74, 6) is -0.561. The van der Waals surface area contributed by atoms with Gasteiger partial charge in [0.15, 0.2) is 0 Å². The molecule has 0 rings (SSSR count). The van der Waals surface area contributed by atoms with Gasteiger partial charge in [0.25, 0.3) is 0 Å². The number of rotatable bonds is 7.